The minimum absolute atomic E-state index is 0.334. The maximum atomic E-state index is 11.2. The fourth-order valence-electron chi connectivity index (χ4n) is 1.17. The van der Waals surface area contributed by atoms with E-state index in [0.29, 0.717) is 5.82 Å². The van der Waals surface area contributed by atoms with Crippen LogP contribution in [0.4, 0.5) is 0 Å². The van der Waals surface area contributed by atoms with Gasteiger partial charge in [0.05, 0.1) is 6.21 Å². The summed E-state index contributed by atoms with van der Waals surface area (Å²) in [5, 5.41) is 10.1. The van der Waals surface area contributed by atoms with Gasteiger partial charge in [0.15, 0.2) is 5.82 Å². The molecule has 0 aliphatic rings. The summed E-state index contributed by atoms with van der Waals surface area (Å²) in [6.45, 7) is 1.71. The van der Waals surface area contributed by atoms with Crippen LogP contribution in [0.3, 0.4) is 0 Å². The van der Waals surface area contributed by atoms with Crippen molar-refractivity contribution in [2.45, 2.75) is 6.92 Å². The van der Waals surface area contributed by atoms with E-state index in [0.717, 1.165) is 5.56 Å². The summed E-state index contributed by atoms with van der Waals surface area (Å²) in [4.78, 5) is 11.2. The number of rotatable bonds is 2. The van der Waals surface area contributed by atoms with Crippen molar-refractivity contribution in [3.8, 4) is 0 Å². The van der Waals surface area contributed by atoms with E-state index in [9.17, 15) is 4.79 Å². The van der Waals surface area contributed by atoms with Crippen molar-refractivity contribution in [1.82, 2.24) is 14.9 Å². The highest BCUT2D eigenvalue weighted by atomic mass is 16.2. The van der Waals surface area contributed by atoms with E-state index >= 15 is 0 Å². The van der Waals surface area contributed by atoms with Crippen molar-refractivity contribution in [3.63, 3.8) is 0 Å². The van der Waals surface area contributed by atoms with Crippen LogP contribution in [0, 0.1) is 6.92 Å². The summed E-state index contributed by atoms with van der Waals surface area (Å²) >= 11 is 0. The lowest BCUT2D eigenvalue weighted by Crippen LogP contribution is -2.13. The Hall–Kier alpha value is -2.17. The van der Waals surface area contributed by atoms with E-state index in [1.807, 2.05) is 30.3 Å². The molecule has 0 saturated carbocycles. The van der Waals surface area contributed by atoms with Gasteiger partial charge in [0, 0.05) is 0 Å². The average molecular weight is 202 g/mol. The first-order chi connectivity index (χ1) is 7.27. The molecule has 1 aromatic heterocycles. The zero-order valence-electron chi connectivity index (χ0n) is 8.21. The van der Waals surface area contributed by atoms with Crippen molar-refractivity contribution < 1.29 is 0 Å². The van der Waals surface area contributed by atoms with E-state index in [1.54, 1.807) is 13.1 Å². The predicted molar refractivity (Wildman–Crippen MR) is 57.0 cm³/mol. The highest BCUT2D eigenvalue weighted by Crippen LogP contribution is 1.94. The third kappa shape index (κ3) is 2.01. The van der Waals surface area contributed by atoms with Gasteiger partial charge in [-0.25, -0.2) is 9.89 Å². The standard InChI is InChI=1S/C10H10N4O/c1-8-12-13-10(15)14(8)11-7-9-5-3-2-4-6-9/h2-7H,1H3,(H,13,15)/b11-7+. The summed E-state index contributed by atoms with van der Waals surface area (Å²) in [7, 11) is 0. The van der Waals surface area contributed by atoms with E-state index in [-0.39, 0.29) is 5.69 Å². The van der Waals surface area contributed by atoms with Gasteiger partial charge < -0.3 is 0 Å². The fourth-order valence-corrected chi connectivity index (χ4v) is 1.17. The Morgan fingerprint density at radius 3 is 2.73 bits per heavy atom. The Labute approximate surface area is 86.1 Å². The molecule has 0 atom stereocenters. The van der Waals surface area contributed by atoms with Gasteiger partial charge in [-0.15, -0.1) is 0 Å². The summed E-state index contributed by atoms with van der Waals surface area (Å²) in [5.74, 6) is 0.534. The molecule has 1 aromatic carbocycles. The smallest absolute Gasteiger partial charge is 0.244 e. The van der Waals surface area contributed by atoms with Crippen LogP contribution in [0.15, 0.2) is 40.2 Å². The molecule has 2 aromatic rings. The molecule has 0 aliphatic carbocycles. The molecule has 0 saturated heterocycles. The molecule has 2 rings (SSSR count). The second kappa shape index (κ2) is 3.91. The molecule has 1 N–H and O–H groups in total. The molecule has 0 bridgehead atoms. The quantitative estimate of drug-likeness (QED) is 0.731. The molecule has 5 heteroatoms. The molecule has 0 amide bonds. The number of aromatic nitrogens is 3. The predicted octanol–water partition coefficient (Wildman–Crippen LogP) is 0.762. The van der Waals surface area contributed by atoms with Crippen LogP contribution in [0.1, 0.15) is 11.4 Å². The minimum atomic E-state index is -0.334. The molecule has 0 fully saturated rings. The summed E-state index contributed by atoms with van der Waals surface area (Å²) in [5.41, 5.74) is 0.602. The molecule has 0 aliphatic heterocycles. The summed E-state index contributed by atoms with van der Waals surface area (Å²) in [6, 6.07) is 9.55. The second-order valence-corrected chi connectivity index (χ2v) is 3.04. The third-order valence-corrected chi connectivity index (χ3v) is 1.93. The van der Waals surface area contributed by atoms with Crippen LogP contribution in [0.25, 0.3) is 0 Å². The largest absolute Gasteiger partial charge is 0.364 e. The van der Waals surface area contributed by atoms with E-state index in [1.165, 1.54) is 4.68 Å². The number of benzene rings is 1. The lowest BCUT2D eigenvalue weighted by atomic mass is 10.2. The number of H-pyrrole nitrogens is 1. The van der Waals surface area contributed by atoms with Gasteiger partial charge in [-0.2, -0.15) is 14.9 Å². The number of hydrogen-bond donors (Lipinski definition) is 1. The van der Waals surface area contributed by atoms with Gasteiger partial charge in [-0.3, -0.25) is 0 Å². The van der Waals surface area contributed by atoms with Crippen LogP contribution in [0.2, 0.25) is 0 Å². The molecule has 0 spiro atoms. The van der Waals surface area contributed by atoms with Crippen LogP contribution in [-0.2, 0) is 0 Å². The number of aryl methyl sites for hydroxylation is 1. The summed E-state index contributed by atoms with van der Waals surface area (Å²) in [6.07, 6.45) is 1.62. The molecule has 76 valence electrons. The molecular weight excluding hydrogens is 192 g/mol. The molecule has 15 heavy (non-hydrogen) atoms. The summed E-state index contributed by atoms with van der Waals surface area (Å²) < 4.78 is 1.22. The van der Waals surface area contributed by atoms with E-state index < -0.39 is 0 Å². The molecule has 1 heterocycles. The van der Waals surface area contributed by atoms with Gasteiger partial charge >= 0.3 is 5.69 Å². The van der Waals surface area contributed by atoms with Crippen molar-refractivity contribution >= 4 is 6.21 Å². The Bertz CT molecular complexity index is 524. The first-order valence-electron chi connectivity index (χ1n) is 4.51. The number of hydrogen-bond acceptors (Lipinski definition) is 3. The first-order valence-corrected chi connectivity index (χ1v) is 4.51. The molecule has 0 radical (unpaired) electrons. The van der Waals surface area contributed by atoms with Crippen LogP contribution < -0.4 is 5.69 Å². The van der Waals surface area contributed by atoms with Crippen molar-refractivity contribution in [3.05, 3.63) is 52.2 Å². The number of nitrogens with zero attached hydrogens (tertiary/aromatic N) is 3. The fraction of sp³-hybridized carbons (Fsp3) is 0.100. The Morgan fingerprint density at radius 2 is 2.13 bits per heavy atom. The van der Waals surface area contributed by atoms with Gasteiger partial charge in [-0.05, 0) is 12.5 Å². The zero-order valence-corrected chi connectivity index (χ0v) is 8.21. The number of aromatic amines is 1. The molecule has 5 nitrogen and oxygen atoms in total. The number of nitrogens with one attached hydrogen (secondary N) is 1. The Balaban J connectivity index is 2.30. The average Bonchev–Trinajstić information content (AvgIpc) is 2.58. The SMILES string of the molecule is Cc1n[nH]c(=O)n1/N=C/c1ccccc1. The Morgan fingerprint density at radius 1 is 1.40 bits per heavy atom. The highest BCUT2D eigenvalue weighted by molar-refractivity contribution is 5.79. The first kappa shape index (κ1) is 9.39. The van der Waals surface area contributed by atoms with Gasteiger partial charge in [0.2, 0.25) is 0 Å². The maximum absolute atomic E-state index is 11.2. The lowest BCUT2D eigenvalue weighted by molar-refractivity contribution is 0.800. The minimum Gasteiger partial charge on any atom is -0.244 e. The second-order valence-electron chi connectivity index (χ2n) is 3.04. The zero-order chi connectivity index (χ0) is 10.7. The van der Waals surface area contributed by atoms with Crippen LogP contribution >= 0.6 is 0 Å². The topological polar surface area (TPSA) is 63.0 Å². The van der Waals surface area contributed by atoms with Crippen molar-refractivity contribution in [2.24, 2.45) is 5.10 Å². The van der Waals surface area contributed by atoms with Crippen molar-refractivity contribution in [1.29, 1.82) is 0 Å². The molecule has 0 unspecified atom stereocenters. The van der Waals surface area contributed by atoms with E-state index in [2.05, 4.69) is 15.3 Å². The normalized spacial score (nSPS) is 11.0. The van der Waals surface area contributed by atoms with Gasteiger partial charge in [-0.1, -0.05) is 30.3 Å². The van der Waals surface area contributed by atoms with Crippen LogP contribution in [-0.4, -0.2) is 21.1 Å². The van der Waals surface area contributed by atoms with Gasteiger partial charge in [0.1, 0.15) is 0 Å². The van der Waals surface area contributed by atoms with Crippen molar-refractivity contribution in [2.75, 3.05) is 0 Å². The van der Waals surface area contributed by atoms with Gasteiger partial charge in [0.25, 0.3) is 0 Å². The highest BCUT2D eigenvalue weighted by Gasteiger charge is 1.99. The maximum Gasteiger partial charge on any atom is 0.364 e. The molecular formula is C10H10N4O. The monoisotopic (exact) mass is 202 g/mol. The third-order valence-electron chi connectivity index (χ3n) is 1.93. The Kier molecular flexibility index (Phi) is 2.45. The lowest BCUT2D eigenvalue weighted by Gasteiger charge is -1.92. The van der Waals surface area contributed by atoms with E-state index in [4.69, 9.17) is 0 Å². The van der Waals surface area contributed by atoms with Crippen LogP contribution in [0.5, 0.6) is 0 Å².